The fourth-order valence-corrected chi connectivity index (χ4v) is 2.26. The van der Waals surface area contributed by atoms with E-state index in [1.807, 2.05) is 7.05 Å². The van der Waals surface area contributed by atoms with Crippen LogP contribution in [0, 0.1) is 6.92 Å². The highest BCUT2D eigenvalue weighted by atomic mass is 15.0. The van der Waals surface area contributed by atoms with Gasteiger partial charge in [0.25, 0.3) is 0 Å². The van der Waals surface area contributed by atoms with Crippen LogP contribution in [0.5, 0.6) is 0 Å². The highest BCUT2D eigenvalue weighted by Gasteiger charge is 2.06. The van der Waals surface area contributed by atoms with Crippen molar-refractivity contribution in [1.29, 1.82) is 0 Å². The molecule has 1 N–H and O–H groups in total. The van der Waals surface area contributed by atoms with Crippen LogP contribution in [0.15, 0.2) is 24.3 Å². The molecule has 0 atom stereocenters. The van der Waals surface area contributed by atoms with E-state index in [1.54, 1.807) is 0 Å². The summed E-state index contributed by atoms with van der Waals surface area (Å²) in [6.45, 7) is 6.45. The van der Waals surface area contributed by atoms with E-state index >= 15 is 0 Å². The van der Waals surface area contributed by atoms with Crippen molar-refractivity contribution in [2.45, 2.75) is 26.8 Å². The molecule has 0 fully saturated rings. The molecule has 1 aromatic carbocycles. The third kappa shape index (κ3) is 1.98. The zero-order chi connectivity index (χ0) is 11.5. The Bertz CT molecular complexity index is 483. The molecule has 0 unspecified atom stereocenters. The topological polar surface area (TPSA) is 17.0 Å². The fourth-order valence-electron chi connectivity index (χ4n) is 2.26. The average Bonchev–Trinajstić information content (AvgIpc) is 2.63. The number of likely N-dealkylation sites (N-methyl/N-ethyl adjacent to an activating group) is 1. The first-order valence-electron chi connectivity index (χ1n) is 5.99. The van der Waals surface area contributed by atoms with Crippen molar-refractivity contribution in [2.75, 3.05) is 13.6 Å². The van der Waals surface area contributed by atoms with Gasteiger partial charge in [-0.25, -0.2) is 0 Å². The van der Waals surface area contributed by atoms with Gasteiger partial charge < -0.3 is 9.88 Å². The number of nitrogens with zero attached hydrogens (tertiary/aromatic N) is 1. The van der Waals surface area contributed by atoms with Gasteiger partial charge in [-0.15, -0.1) is 0 Å². The summed E-state index contributed by atoms with van der Waals surface area (Å²) in [5, 5.41) is 4.57. The third-order valence-corrected chi connectivity index (χ3v) is 3.09. The van der Waals surface area contributed by atoms with Gasteiger partial charge in [-0.05, 0) is 44.0 Å². The highest BCUT2D eigenvalue weighted by Crippen LogP contribution is 2.21. The summed E-state index contributed by atoms with van der Waals surface area (Å²) >= 11 is 0. The smallest absolute Gasteiger partial charge is 0.0485 e. The minimum Gasteiger partial charge on any atom is -0.345 e. The van der Waals surface area contributed by atoms with Gasteiger partial charge in [0, 0.05) is 30.7 Å². The van der Waals surface area contributed by atoms with Crippen molar-refractivity contribution < 1.29 is 0 Å². The molecule has 0 amide bonds. The minimum atomic E-state index is 1.04. The van der Waals surface area contributed by atoms with Gasteiger partial charge in [-0.2, -0.15) is 0 Å². The summed E-state index contributed by atoms with van der Waals surface area (Å²) in [5.41, 5.74) is 4.13. The Kier molecular flexibility index (Phi) is 3.30. The molecule has 0 bridgehead atoms. The molecule has 1 aromatic heterocycles. The number of fused-ring (bicyclic) bond motifs is 1. The summed E-state index contributed by atoms with van der Waals surface area (Å²) in [6.07, 6.45) is 1.10. The van der Waals surface area contributed by atoms with E-state index in [0.717, 1.165) is 19.5 Å². The molecular formula is C14H20N2. The van der Waals surface area contributed by atoms with Crippen LogP contribution in [-0.2, 0) is 13.0 Å². The van der Waals surface area contributed by atoms with Crippen LogP contribution in [0.3, 0.4) is 0 Å². The van der Waals surface area contributed by atoms with Crippen molar-refractivity contribution in [2.24, 2.45) is 0 Å². The highest BCUT2D eigenvalue weighted by molar-refractivity contribution is 5.82. The van der Waals surface area contributed by atoms with Crippen molar-refractivity contribution in [3.8, 4) is 0 Å². The zero-order valence-electron chi connectivity index (χ0n) is 10.4. The summed E-state index contributed by atoms with van der Waals surface area (Å²) in [7, 11) is 2.00. The maximum atomic E-state index is 3.21. The summed E-state index contributed by atoms with van der Waals surface area (Å²) in [5.74, 6) is 0. The maximum absolute atomic E-state index is 3.21. The monoisotopic (exact) mass is 216 g/mol. The Labute approximate surface area is 97.3 Å². The summed E-state index contributed by atoms with van der Waals surface area (Å²) in [6, 6.07) is 9.00. The fraction of sp³-hybridized carbons (Fsp3) is 0.429. The van der Waals surface area contributed by atoms with E-state index < -0.39 is 0 Å². The molecule has 1 heterocycles. The van der Waals surface area contributed by atoms with E-state index in [9.17, 15) is 0 Å². The molecule has 0 saturated carbocycles. The predicted octanol–water partition coefficient (Wildman–Crippen LogP) is 2.73. The second-order valence-electron chi connectivity index (χ2n) is 4.30. The van der Waals surface area contributed by atoms with E-state index in [1.165, 1.54) is 22.2 Å². The molecule has 0 aliphatic heterocycles. The molecule has 0 saturated heterocycles. The van der Waals surface area contributed by atoms with Gasteiger partial charge >= 0.3 is 0 Å². The molecule has 0 aliphatic rings. The minimum absolute atomic E-state index is 1.04. The van der Waals surface area contributed by atoms with E-state index in [2.05, 4.69) is 48.0 Å². The first-order valence-corrected chi connectivity index (χ1v) is 5.99. The normalized spacial score (nSPS) is 11.2. The molecule has 16 heavy (non-hydrogen) atoms. The summed E-state index contributed by atoms with van der Waals surface area (Å²) < 4.78 is 2.42. The number of hydrogen-bond donors (Lipinski definition) is 1. The quantitative estimate of drug-likeness (QED) is 0.831. The molecule has 2 heteroatoms. The van der Waals surface area contributed by atoms with Gasteiger partial charge in [0.1, 0.15) is 0 Å². The second-order valence-corrected chi connectivity index (χ2v) is 4.30. The van der Waals surface area contributed by atoms with Crippen LogP contribution in [0.25, 0.3) is 10.9 Å². The first-order chi connectivity index (χ1) is 7.76. The Balaban J connectivity index is 2.49. The average molecular weight is 216 g/mol. The van der Waals surface area contributed by atoms with Crippen LogP contribution in [0.4, 0.5) is 0 Å². The molecule has 2 aromatic rings. The third-order valence-electron chi connectivity index (χ3n) is 3.09. The van der Waals surface area contributed by atoms with Crippen molar-refractivity contribution in [3.63, 3.8) is 0 Å². The Hall–Kier alpha value is -1.28. The first kappa shape index (κ1) is 11.2. The molecule has 0 spiro atoms. The van der Waals surface area contributed by atoms with Crippen molar-refractivity contribution in [3.05, 3.63) is 35.5 Å². The number of nitrogens with one attached hydrogen (secondary N) is 1. The van der Waals surface area contributed by atoms with E-state index in [-0.39, 0.29) is 0 Å². The lowest BCUT2D eigenvalue weighted by Gasteiger charge is -2.07. The predicted molar refractivity (Wildman–Crippen MR) is 70.0 cm³/mol. The molecule has 0 aliphatic carbocycles. The standard InChI is InChI=1S/C14H20N2/c1-4-16-13(7-8-15-3)10-12-6-5-11(2)9-14(12)16/h5-6,9-10,15H,4,7-8H2,1-3H3. The largest absolute Gasteiger partial charge is 0.345 e. The second kappa shape index (κ2) is 4.71. The van der Waals surface area contributed by atoms with E-state index in [4.69, 9.17) is 0 Å². The van der Waals surface area contributed by atoms with Gasteiger partial charge in [0.15, 0.2) is 0 Å². The molecule has 86 valence electrons. The van der Waals surface area contributed by atoms with E-state index in [0.29, 0.717) is 0 Å². The SMILES string of the molecule is CCn1c(CCNC)cc2ccc(C)cc21. The van der Waals surface area contributed by atoms with Crippen molar-refractivity contribution in [1.82, 2.24) is 9.88 Å². The van der Waals surface area contributed by atoms with Gasteiger partial charge in [0.05, 0.1) is 0 Å². The number of aryl methyl sites for hydroxylation is 2. The summed E-state index contributed by atoms with van der Waals surface area (Å²) in [4.78, 5) is 0. The number of aromatic nitrogens is 1. The lowest BCUT2D eigenvalue weighted by Crippen LogP contribution is -2.12. The Morgan fingerprint density at radius 3 is 2.75 bits per heavy atom. The van der Waals surface area contributed by atoms with Crippen LogP contribution >= 0.6 is 0 Å². The molecule has 2 rings (SSSR count). The molecule has 2 nitrogen and oxygen atoms in total. The van der Waals surface area contributed by atoms with Crippen LogP contribution in [0.2, 0.25) is 0 Å². The van der Waals surface area contributed by atoms with Gasteiger partial charge in [-0.1, -0.05) is 12.1 Å². The maximum Gasteiger partial charge on any atom is 0.0485 e. The number of rotatable bonds is 4. The van der Waals surface area contributed by atoms with Crippen LogP contribution in [0.1, 0.15) is 18.2 Å². The van der Waals surface area contributed by atoms with Crippen LogP contribution in [-0.4, -0.2) is 18.2 Å². The number of benzene rings is 1. The zero-order valence-corrected chi connectivity index (χ0v) is 10.4. The lowest BCUT2D eigenvalue weighted by molar-refractivity contribution is 0.700. The van der Waals surface area contributed by atoms with Gasteiger partial charge in [-0.3, -0.25) is 0 Å². The molecule has 0 radical (unpaired) electrons. The Morgan fingerprint density at radius 1 is 1.25 bits per heavy atom. The van der Waals surface area contributed by atoms with Gasteiger partial charge in [0.2, 0.25) is 0 Å². The van der Waals surface area contributed by atoms with Crippen molar-refractivity contribution >= 4 is 10.9 Å². The lowest BCUT2D eigenvalue weighted by atomic mass is 10.2. The Morgan fingerprint density at radius 2 is 2.06 bits per heavy atom. The number of hydrogen-bond acceptors (Lipinski definition) is 1. The molecular weight excluding hydrogens is 196 g/mol. The van der Waals surface area contributed by atoms with Crippen LogP contribution < -0.4 is 5.32 Å².